The Labute approximate surface area is 90.0 Å². The highest BCUT2D eigenvalue weighted by Gasteiger charge is 2.32. The Hall–Kier alpha value is -0.870. The van der Waals surface area contributed by atoms with E-state index >= 15 is 0 Å². The lowest BCUT2D eigenvalue weighted by molar-refractivity contribution is -0.121. The standard InChI is InChI=1S/C11H19NO3/c1-2-3-4-11(15)12-9-5-8(7-13)10(14)6-9/h2,8-10,13-14H,1,3-7H2,(H,12,15)/t8-,9-,10-/m0/s1. The third-order valence-electron chi connectivity index (χ3n) is 2.83. The molecule has 0 aromatic rings. The minimum Gasteiger partial charge on any atom is -0.396 e. The van der Waals surface area contributed by atoms with Gasteiger partial charge in [-0.05, 0) is 19.3 Å². The molecular formula is C11H19NO3. The fourth-order valence-corrected chi connectivity index (χ4v) is 1.95. The van der Waals surface area contributed by atoms with Gasteiger partial charge in [-0.3, -0.25) is 4.79 Å². The maximum atomic E-state index is 11.4. The molecule has 3 N–H and O–H groups in total. The summed E-state index contributed by atoms with van der Waals surface area (Å²) in [5.74, 6) is -0.0969. The summed E-state index contributed by atoms with van der Waals surface area (Å²) in [5.41, 5.74) is 0. The highest BCUT2D eigenvalue weighted by Crippen LogP contribution is 2.25. The zero-order valence-corrected chi connectivity index (χ0v) is 8.85. The van der Waals surface area contributed by atoms with Gasteiger partial charge in [0.1, 0.15) is 0 Å². The molecule has 1 aliphatic rings. The Morgan fingerprint density at radius 1 is 1.53 bits per heavy atom. The molecule has 1 fully saturated rings. The molecule has 0 unspecified atom stereocenters. The second kappa shape index (κ2) is 5.88. The highest BCUT2D eigenvalue weighted by atomic mass is 16.3. The summed E-state index contributed by atoms with van der Waals surface area (Å²) in [4.78, 5) is 11.4. The van der Waals surface area contributed by atoms with Crippen LogP contribution in [0.1, 0.15) is 25.7 Å². The van der Waals surface area contributed by atoms with Crippen LogP contribution >= 0.6 is 0 Å². The number of hydrogen-bond donors (Lipinski definition) is 3. The van der Waals surface area contributed by atoms with Gasteiger partial charge in [0.2, 0.25) is 5.91 Å². The number of allylic oxidation sites excluding steroid dienone is 1. The van der Waals surface area contributed by atoms with Crippen molar-refractivity contribution in [2.75, 3.05) is 6.61 Å². The van der Waals surface area contributed by atoms with Crippen LogP contribution in [0.15, 0.2) is 12.7 Å². The molecule has 0 saturated heterocycles. The molecule has 1 amide bonds. The number of aliphatic hydroxyl groups excluding tert-OH is 2. The summed E-state index contributed by atoms with van der Waals surface area (Å²) in [7, 11) is 0. The number of nitrogens with one attached hydrogen (secondary N) is 1. The van der Waals surface area contributed by atoms with Crippen LogP contribution < -0.4 is 5.32 Å². The Morgan fingerprint density at radius 3 is 2.80 bits per heavy atom. The zero-order chi connectivity index (χ0) is 11.3. The highest BCUT2D eigenvalue weighted by molar-refractivity contribution is 5.76. The molecule has 0 radical (unpaired) electrons. The molecule has 15 heavy (non-hydrogen) atoms. The van der Waals surface area contributed by atoms with Crippen molar-refractivity contribution in [3.05, 3.63) is 12.7 Å². The van der Waals surface area contributed by atoms with Gasteiger partial charge in [-0.1, -0.05) is 6.08 Å². The van der Waals surface area contributed by atoms with E-state index in [1.165, 1.54) is 0 Å². The van der Waals surface area contributed by atoms with E-state index in [1.54, 1.807) is 6.08 Å². The lowest BCUT2D eigenvalue weighted by Crippen LogP contribution is -2.33. The molecule has 4 nitrogen and oxygen atoms in total. The van der Waals surface area contributed by atoms with Crippen LogP contribution in [0.4, 0.5) is 0 Å². The predicted octanol–water partition coefficient (Wildman–Crippen LogP) is 0.201. The van der Waals surface area contributed by atoms with E-state index < -0.39 is 6.10 Å². The molecule has 1 aliphatic carbocycles. The smallest absolute Gasteiger partial charge is 0.220 e. The number of carbonyl (C=O) groups is 1. The van der Waals surface area contributed by atoms with Crippen molar-refractivity contribution in [1.29, 1.82) is 0 Å². The third kappa shape index (κ3) is 3.64. The van der Waals surface area contributed by atoms with Gasteiger partial charge in [0.15, 0.2) is 0 Å². The first-order valence-corrected chi connectivity index (χ1v) is 5.36. The monoisotopic (exact) mass is 213 g/mol. The molecule has 0 bridgehead atoms. The largest absolute Gasteiger partial charge is 0.396 e. The van der Waals surface area contributed by atoms with Crippen molar-refractivity contribution < 1.29 is 15.0 Å². The number of amides is 1. The second-order valence-corrected chi connectivity index (χ2v) is 4.07. The van der Waals surface area contributed by atoms with Gasteiger partial charge in [-0.15, -0.1) is 6.58 Å². The number of aliphatic hydroxyl groups is 2. The van der Waals surface area contributed by atoms with Gasteiger partial charge in [-0.25, -0.2) is 0 Å². The first-order valence-electron chi connectivity index (χ1n) is 5.36. The summed E-state index contributed by atoms with van der Waals surface area (Å²) in [5, 5.41) is 21.3. The topological polar surface area (TPSA) is 69.6 Å². The van der Waals surface area contributed by atoms with Crippen LogP contribution in [0.3, 0.4) is 0 Å². The lowest BCUT2D eigenvalue weighted by Gasteiger charge is -2.11. The summed E-state index contributed by atoms with van der Waals surface area (Å²) < 4.78 is 0. The van der Waals surface area contributed by atoms with E-state index in [2.05, 4.69) is 11.9 Å². The van der Waals surface area contributed by atoms with Crippen LogP contribution in [0.25, 0.3) is 0 Å². The fourth-order valence-electron chi connectivity index (χ4n) is 1.95. The number of carbonyl (C=O) groups excluding carboxylic acids is 1. The van der Waals surface area contributed by atoms with Crippen LogP contribution in [-0.4, -0.2) is 34.9 Å². The Morgan fingerprint density at radius 2 is 2.27 bits per heavy atom. The van der Waals surface area contributed by atoms with Crippen LogP contribution in [0, 0.1) is 5.92 Å². The zero-order valence-electron chi connectivity index (χ0n) is 8.85. The van der Waals surface area contributed by atoms with Crippen molar-refractivity contribution in [3.63, 3.8) is 0 Å². The molecule has 1 saturated carbocycles. The van der Waals surface area contributed by atoms with Crippen LogP contribution in [0.2, 0.25) is 0 Å². The van der Waals surface area contributed by atoms with E-state index in [-0.39, 0.29) is 24.5 Å². The summed E-state index contributed by atoms with van der Waals surface area (Å²) in [6, 6.07) is 0.00876. The lowest BCUT2D eigenvalue weighted by atomic mass is 10.1. The van der Waals surface area contributed by atoms with Gasteiger partial charge in [-0.2, -0.15) is 0 Å². The van der Waals surface area contributed by atoms with Gasteiger partial charge in [0.25, 0.3) is 0 Å². The van der Waals surface area contributed by atoms with E-state index in [4.69, 9.17) is 5.11 Å². The molecule has 3 atom stereocenters. The summed E-state index contributed by atoms with van der Waals surface area (Å²) in [6.45, 7) is 3.54. The molecular weight excluding hydrogens is 194 g/mol. The predicted molar refractivity (Wildman–Crippen MR) is 57.2 cm³/mol. The van der Waals surface area contributed by atoms with Gasteiger partial charge >= 0.3 is 0 Å². The second-order valence-electron chi connectivity index (χ2n) is 4.07. The van der Waals surface area contributed by atoms with Crippen LogP contribution in [-0.2, 0) is 4.79 Å². The molecule has 0 spiro atoms. The van der Waals surface area contributed by atoms with Gasteiger partial charge < -0.3 is 15.5 Å². The molecule has 0 heterocycles. The molecule has 0 aromatic heterocycles. The van der Waals surface area contributed by atoms with E-state index in [0.717, 1.165) is 0 Å². The molecule has 86 valence electrons. The van der Waals surface area contributed by atoms with Crippen LogP contribution in [0.5, 0.6) is 0 Å². The first kappa shape index (κ1) is 12.2. The van der Waals surface area contributed by atoms with Crippen molar-refractivity contribution in [3.8, 4) is 0 Å². The van der Waals surface area contributed by atoms with Gasteiger partial charge in [0.05, 0.1) is 6.10 Å². The number of rotatable bonds is 5. The van der Waals surface area contributed by atoms with E-state index in [0.29, 0.717) is 25.7 Å². The molecule has 0 aromatic carbocycles. The molecule has 4 heteroatoms. The first-order chi connectivity index (χ1) is 7.17. The normalized spacial score (nSPS) is 30.1. The minimum atomic E-state index is -0.486. The van der Waals surface area contributed by atoms with Crippen molar-refractivity contribution in [2.45, 2.75) is 37.8 Å². The third-order valence-corrected chi connectivity index (χ3v) is 2.83. The maximum Gasteiger partial charge on any atom is 0.220 e. The average molecular weight is 213 g/mol. The number of hydrogen-bond acceptors (Lipinski definition) is 3. The molecule has 0 aliphatic heterocycles. The summed E-state index contributed by atoms with van der Waals surface area (Å²) >= 11 is 0. The Kier molecular flexibility index (Phi) is 4.78. The molecule has 1 rings (SSSR count). The fraction of sp³-hybridized carbons (Fsp3) is 0.727. The van der Waals surface area contributed by atoms with Crippen molar-refractivity contribution in [1.82, 2.24) is 5.32 Å². The minimum absolute atomic E-state index is 0.00862. The maximum absolute atomic E-state index is 11.4. The average Bonchev–Trinajstić information content (AvgIpc) is 2.55. The van der Waals surface area contributed by atoms with Crippen molar-refractivity contribution in [2.24, 2.45) is 5.92 Å². The van der Waals surface area contributed by atoms with Crippen molar-refractivity contribution >= 4 is 5.91 Å². The Bertz CT molecular complexity index is 230. The van der Waals surface area contributed by atoms with E-state index in [1.807, 2.05) is 0 Å². The quantitative estimate of drug-likeness (QED) is 0.571. The Balaban J connectivity index is 2.28. The van der Waals surface area contributed by atoms with Gasteiger partial charge in [0, 0.05) is 25.0 Å². The SMILES string of the molecule is C=CCCC(=O)N[C@H]1C[C@@H](CO)[C@@H](O)C1. The summed E-state index contributed by atoms with van der Waals surface area (Å²) in [6.07, 6.45) is 3.55. The van der Waals surface area contributed by atoms with E-state index in [9.17, 15) is 9.90 Å².